The summed E-state index contributed by atoms with van der Waals surface area (Å²) in [5.41, 5.74) is 7.53. The molecule has 0 spiro atoms. The number of hydrogen-bond donors (Lipinski definition) is 1. The van der Waals surface area contributed by atoms with Crippen molar-refractivity contribution in [3.63, 3.8) is 0 Å². The molecular weight excluding hydrogens is 316 g/mol. The molecule has 4 nitrogen and oxygen atoms in total. The number of anilines is 1. The van der Waals surface area contributed by atoms with E-state index in [1.165, 1.54) is 35.1 Å². The Balaban J connectivity index is 2.00. The van der Waals surface area contributed by atoms with E-state index >= 15 is 0 Å². The molecule has 5 heteroatoms. The molecule has 0 atom stereocenters. The molecule has 2 aromatic rings. The SMILES string of the molecule is C=CCc1sc2ncnc(N3CCC(N)CC3)c2c1CCCCC. The largest absolute Gasteiger partial charge is 0.356 e. The van der Waals surface area contributed by atoms with Gasteiger partial charge in [-0.3, -0.25) is 0 Å². The minimum absolute atomic E-state index is 0.335. The second-order valence-corrected chi connectivity index (χ2v) is 7.74. The van der Waals surface area contributed by atoms with Gasteiger partial charge in [-0.2, -0.15) is 0 Å². The third kappa shape index (κ3) is 3.62. The first-order valence-corrected chi connectivity index (χ1v) is 9.92. The first-order valence-electron chi connectivity index (χ1n) is 9.11. The second kappa shape index (κ2) is 8.08. The molecule has 24 heavy (non-hydrogen) atoms. The van der Waals surface area contributed by atoms with Gasteiger partial charge in [-0.05, 0) is 37.7 Å². The Morgan fingerprint density at radius 3 is 2.83 bits per heavy atom. The van der Waals surface area contributed by atoms with Gasteiger partial charge in [0, 0.05) is 24.0 Å². The maximum Gasteiger partial charge on any atom is 0.141 e. The summed E-state index contributed by atoms with van der Waals surface area (Å²) < 4.78 is 0. The number of rotatable bonds is 7. The molecule has 0 saturated carbocycles. The molecule has 0 amide bonds. The Kier molecular flexibility index (Phi) is 5.85. The van der Waals surface area contributed by atoms with E-state index in [0.29, 0.717) is 6.04 Å². The van der Waals surface area contributed by atoms with Gasteiger partial charge in [-0.1, -0.05) is 25.8 Å². The van der Waals surface area contributed by atoms with Crippen molar-refractivity contribution in [1.29, 1.82) is 0 Å². The lowest BCUT2D eigenvalue weighted by Crippen LogP contribution is -2.40. The van der Waals surface area contributed by atoms with Crippen LogP contribution in [0.5, 0.6) is 0 Å². The van der Waals surface area contributed by atoms with Gasteiger partial charge >= 0.3 is 0 Å². The topological polar surface area (TPSA) is 55.0 Å². The smallest absolute Gasteiger partial charge is 0.141 e. The molecule has 3 heterocycles. The molecule has 130 valence electrons. The molecule has 2 N–H and O–H groups in total. The Hall–Kier alpha value is -1.46. The number of aromatic nitrogens is 2. The predicted octanol–water partition coefficient (Wildman–Crippen LogP) is 4.08. The maximum absolute atomic E-state index is 6.07. The fourth-order valence-corrected chi connectivity index (χ4v) is 4.66. The number of nitrogens with zero attached hydrogens (tertiary/aromatic N) is 3. The van der Waals surface area contributed by atoms with Crippen LogP contribution in [0.15, 0.2) is 19.0 Å². The van der Waals surface area contributed by atoms with Crippen molar-refractivity contribution in [3.05, 3.63) is 29.4 Å². The number of hydrogen-bond acceptors (Lipinski definition) is 5. The van der Waals surface area contributed by atoms with E-state index in [9.17, 15) is 0 Å². The van der Waals surface area contributed by atoms with Crippen LogP contribution in [0.1, 0.15) is 49.5 Å². The van der Waals surface area contributed by atoms with Crippen LogP contribution in [0.4, 0.5) is 5.82 Å². The molecule has 0 bridgehead atoms. The molecule has 1 saturated heterocycles. The zero-order valence-corrected chi connectivity index (χ0v) is 15.4. The van der Waals surface area contributed by atoms with E-state index in [4.69, 9.17) is 5.73 Å². The van der Waals surface area contributed by atoms with Crippen LogP contribution < -0.4 is 10.6 Å². The fourth-order valence-electron chi connectivity index (χ4n) is 3.48. The lowest BCUT2D eigenvalue weighted by atomic mass is 10.0. The van der Waals surface area contributed by atoms with Crippen molar-refractivity contribution < 1.29 is 0 Å². The van der Waals surface area contributed by atoms with Crippen LogP contribution in [0.3, 0.4) is 0 Å². The number of unbranched alkanes of at least 4 members (excludes halogenated alkanes) is 2. The van der Waals surface area contributed by atoms with Crippen LogP contribution in [0, 0.1) is 0 Å². The van der Waals surface area contributed by atoms with Gasteiger partial charge in [0.15, 0.2) is 0 Å². The highest BCUT2D eigenvalue weighted by molar-refractivity contribution is 7.19. The quantitative estimate of drug-likeness (QED) is 0.607. The lowest BCUT2D eigenvalue weighted by molar-refractivity contribution is 0.499. The molecule has 0 aliphatic carbocycles. The molecule has 0 unspecified atom stereocenters. The predicted molar refractivity (Wildman–Crippen MR) is 104 cm³/mol. The average Bonchev–Trinajstić information content (AvgIpc) is 2.94. The summed E-state index contributed by atoms with van der Waals surface area (Å²) in [4.78, 5) is 14.2. The number of fused-ring (bicyclic) bond motifs is 1. The number of allylic oxidation sites excluding steroid dienone is 1. The van der Waals surface area contributed by atoms with E-state index < -0.39 is 0 Å². The highest BCUT2D eigenvalue weighted by atomic mass is 32.1. The molecule has 1 aliphatic heterocycles. The number of aryl methyl sites for hydroxylation is 1. The lowest BCUT2D eigenvalue weighted by Gasteiger charge is -2.31. The summed E-state index contributed by atoms with van der Waals surface area (Å²) >= 11 is 1.81. The molecule has 1 fully saturated rings. The van der Waals surface area contributed by atoms with Gasteiger partial charge in [0.25, 0.3) is 0 Å². The van der Waals surface area contributed by atoms with E-state index in [1.54, 1.807) is 6.33 Å². The van der Waals surface area contributed by atoms with E-state index in [0.717, 1.165) is 49.4 Å². The maximum atomic E-state index is 6.07. The number of piperidine rings is 1. The third-order valence-corrected chi connectivity index (χ3v) is 6.01. The second-order valence-electron chi connectivity index (χ2n) is 6.66. The standard InChI is InChI=1S/C19H28N4S/c1-3-5-6-8-15-16(7-4-2)24-19-17(15)18(21-13-22-19)23-11-9-14(20)10-12-23/h4,13-14H,2-3,5-12,20H2,1H3. The monoisotopic (exact) mass is 344 g/mol. The minimum atomic E-state index is 0.335. The zero-order chi connectivity index (χ0) is 16.9. The first-order chi connectivity index (χ1) is 11.7. The normalized spacial score (nSPS) is 16.0. The van der Waals surface area contributed by atoms with Gasteiger partial charge in [-0.15, -0.1) is 17.9 Å². The van der Waals surface area contributed by atoms with E-state index in [-0.39, 0.29) is 0 Å². The summed E-state index contributed by atoms with van der Waals surface area (Å²) in [7, 11) is 0. The molecule has 0 radical (unpaired) electrons. The Labute approximate surface area is 148 Å². The molecule has 2 aromatic heterocycles. The fraction of sp³-hybridized carbons (Fsp3) is 0.579. The average molecular weight is 345 g/mol. The van der Waals surface area contributed by atoms with Gasteiger partial charge in [0.05, 0.1) is 5.39 Å². The zero-order valence-electron chi connectivity index (χ0n) is 14.6. The van der Waals surface area contributed by atoms with Crippen LogP contribution in [-0.4, -0.2) is 29.1 Å². The summed E-state index contributed by atoms with van der Waals surface area (Å²) in [6.07, 6.45) is 11.6. The molecular formula is C19H28N4S. The Bertz CT molecular complexity index is 686. The molecule has 3 rings (SSSR count). The van der Waals surface area contributed by atoms with E-state index in [2.05, 4.69) is 28.4 Å². The highest BCUT2D eigenvalue weighted by Gasteiger charge is 2.23. The van der Waals surface area contributed by atoms with Gasteiger partial charge < -0.3 is 10.6 Å². The summed E-state index contributed by atoms with van der Waals surface area (Å²) in [6, 6.07) is 0.335. The van der Waals surface area contributed by atoms with Crippen LogP contribution in [0.25, 0.3) is 10.2 Å². The van der Waals surface area contributed by atoms with Gasteiger partial charge in [0.1, 0.15) is 17.0 Å². The van der Waals surface area contributed by atoms with Crippen LogP contribution in [-0.2, 0) is 12.8 Å². The van der Waals surface area contributed by atoms with Crippen molar-refractivity contribution in [1.82, 2.24) is 9.97 Å². The van der Waals surface area contributed by atoms with E-state index in [1.807, 2.05) is 17.4 Å². The van der Waals surface area contributed by atoms with Crippen molar-refractivity contribution in [2.75, 3.05) is 18.0 Å². The Morgan fingerprint density at radius 1 is 1.33 bits per heavy atom. The first kappa shape index (κ1) is 17.4. The summed E-state index contributed by atoms with van der Waals surface area (Å²) in [6.45, 7) is 8.17. The highest BCUT2D eigenvalue weighted by Crippen LogP contribution is 2.37. The number of thiophene rings is 1. The van der Waals surface area contributed by atoms with Crippen molar-refractivity contribution >= 4 is 27.4 Å². The third-order valence-electron chi connectivity index (χ3n) is 4.85. The molecule has 1 aliphatic rings. The van der Waals surface area contributed by atoms with Crippen LogP contribution >= 0.6 is 11.3 Å². The number of nitrogens with two attached hydrogens (primary N) is 1. The van der Waals surface area contributed by atoms with Gasteiger partial charge in [-0.25, -0.2) is 9.97 Å². The summed E-state index contributed by atoms with van der Waals surface area (Å²) in [5, 5.41) is 1.28. The van der Waals surface area contributed by atoms with Crippen LogP contribution in [0.2, 0.25) is 0 Å². The molecule has 0 aromatic carbocycles. The Morgan fingerprint density at radius 2 is 2.12 bits per heavy atom. The van der Waals surface area contributed by atoms with Crippen molar-refractivity contribution in [2.24, 2.45) is 5.73 Å². The van der Waals surface area contributed by atoms with Gasteiger partial charge in [0.2, 0.25) is 0 Å². The summed E-state index contributed by atoms with van der Waals surface area (Å²) in [5.74, 6) is 1.12. The minimum Gasteiger partial charge on any atom is -0.356 e. The van der Waals surface area contributed by atoms with Crippen molar-refractivity contribution in [3.8, 4) is 0 Å². The van der Waals surface area contributed by atoms with Crippen molar-refractivity contribution in [2.45, 2.75) is 57.9 Å².